The second-order valence-electron chi connectivity index (χ2n) is 6.08. The Labute approximate surface area is 140 Å². The number of aryl methyl sites for hydroxylation is 3. The smallest absolute Gasteiger partial charge is 0.271 e. The van der Waals surface area contributed by atoms with Crippen LogP contribution in [0.15, 0.2) is 41.3 Å². The molecule has 1 amide bonds. The predicted molar refractivity (Wildman–Crippen MR) is 96.4 cm³/mol. The van der Waals surface area contributed by atoms with Crippen molar-refractivity contribution in [3.63, 3.8) is 0 Å². The maximum atomic E-state index is 12.1. The van der Waals surface area contributed by atoms with Gasteiger partial charge in [-0.1, -0.05) is 18.2 Å². The van der Waals surface area contributed by atoms with Crippen molar-refractivity contribution < 1.29 is 4.79 Å². The van der Waals surface area contributed by atoms with Gasteiger partial charge in [0.25, 0.3) is 5.56 Å². The van der Waals surface area contributed by atoms with Crippen LogP contribution < -0.4 is 10.9 Å². The number of hydrogen-bond acceptors (Lipinski definition) is 2. The molecule has 0 aliphatic heterocycles. The first kappa shape index (κ1) is 16.1. The molecule has 5 nitrogen and oxygen atoms in total. The second kappa shape index (κ2) is 6.74. The molecule has 0 atom stereocenters. The minimum Gasteiger partial charge on any atom is -0.361 e. The highest BCUT2D eigenvalue weighted by Crippen LogP contribution is 2.19. The van der Waals surface area contributed by atoms with Crippen molar-refractivity contribution in [2.24, 2.45) is 0 Å². The van der Waals surface area contributed by atoms with E-state index in [0.717, 1.165) is 29.6 Å². The Balaban J connectivity index is 1.58. The van der Waals surface area contributed by atoms with Gasteiger partial charge in [0.1, 0.15) is 5.69 Å². The summed E-state index contributed by atoms with van der Waals surface area (Å²) < 4.78 is 0. The molecule has 3 aromatic rings. The summed E-state index contributed by atoms with van der Waals surface area (Å²) in [5.41, 5.74) is 4.14. The van der Waals surface area contributed by atoms with Crippen LogP contribution in [-0.2, 0) is 11.2 Å². The maximum Gasteiger partial charge on any atom is 0.271 e. The quantitative estimate of drug-likeness (QED) is 0.672. The molecule has 3 rings (SSSR count). The largest absolute Gasteiger partial charge is 0.361 e. The van der Waals surface area contributed by atoms with E-state index in [1.54, 1.807) is 6.07 Å². The molecule has 0 saturated heterocycles. The molecule has 5 heteroatoms. The van der Waals surface area contributed by atoms with E-state index in [1.165, 1.54) is 10.9 Å². The zero-order chi connectivity index (χ0) is 17.1. The number of carbonyl (C=O) groups is 1. The fourth-order valence-corrected chi connectivity index (χ4v) is 2.81. The Morgan fingerprint density at radius 1 is 1.21 bits per heavy atom. The van der Waals surface area contributed by atoms with Gasteiger partial charge in [0, 0.05) is 29.2 Å². The third-order valence-corrected chi connectivity index (χ3v) is 4.30. The molecule has 0 fully saturated rings. The van der Waals surface area contributed by atoms with Crippen molar-refractivity contribution >= 4 is 22.5 Å². The van der Waals surface area contributed by atoms with E-state index in [4.69, 9.17) is 0 Å². The predicted octanol–water partition coefficient (Wildman–Crippen LogP) is 3.43. The van der Waals surface area contributed by atoms with Crippen LogP contribution in [0, 0.1) is 13.8 Å². The van der Waals surface area contributed by atoms with E-state index >= 15 is 0 Å². The zero-order valence-corrected chi connectivity index (χ0v) is 13.9. The Kier molecular flexibility index (Phi) is 4.51. The molecule has 124 valence electrons. The third-order valence-electron chi connectivity index (χ3n) is 4.30. The molecule has 0 aliphatic rings. The summed E-state index contributed by atoms with van der Waals surface area (Å²) >= 11 is 0. The number of nitrogens with one attached hydrogen (secondary N) is 3. The van der Waals surface area contributed by atoms with Gasteiger partial charge in [-0.05, 0) is 49.9 Å². The molecule has 0 aliphatic carbocycles. The van der Waals surface area contributed by atoms with Crippen LogP contribution >= 0.6 is 0 Å². The van der Waals surface area contributed by atoms with Crippen LogP contribution in [0.3, 0.4) is 0 Å². The van der Waals surface area contributed by atoms with E-state index in [0.29, 0.717) is 12.1 Å². The summed E-state index contributed by atoms with van der Waals surface area (Å²) in [6.45, 7) is 3.74. The van der Waals surface area contributed by atoms with Gasteiger partial charge < -0.3 is 15.3 Å². The summed E-state index contributed by atoms with van der Waals surface area (Å²) in [5, 5.41) is 3.90. The number of H-pyrrole nitrogens is 2. The van der Waals surface area contributed by atoms with Crippen LogP contribution in [-0.4, -0.2) is 15.9 Å². The van der Waals surface area contributed by atoms with Crippen molar-refractivity contribution in [3.8, 4) is 0 Å². The number of amides is 1. The summed E-state index contributed by atoms with van der Waals surface area (Å²) in [4.78, 5) is 29.9. The summed E-state index contributed by atoms with van der Waals surface area (Å²) in [6, 6.07) is 9.84. The molecule has 0 spiro atoms. The molecular weight excluding hydrogens is 302 g/mol. The number of hydrogen-bond donors (Lipinski definition) is 3. The normalized spacial score (nSPS) is 10.9. The number of aromatic amines is 2. The molecular formula is C19H21N3O2. The summed E-state index contributed by atoms with van der Waals surface area (Å²) in [5.74, 6) is -0.136. The third kappa shape index (κ3) is 3.40. The number of anilines is 1. The number of rotatable bonds is 5. The van der Waals surface area contributed by atoms with Gasteiger partial charge in [-0.25, -0.2) is 0 Å². The standard InChI is InChI=1S/C19H21N3O2/c1-12-10-17(19(24)21-13(12)2)22-18(23)9-5-6-14-11-20-16-8-4-3-7-15(14)16/h3-4,7-8,10-11,20H,5-6,9H2,1-2H3,(H,21,24)(H,22,23). The van der Waals surface area contributed by atoms with Crippen molar-refractivity contribution in [1.82, 2.24) is 9.97 Å². The van der Waals surface area contributed by atoms with Crippen LogP contribution in [0.25, 0.3) is 10.9 Å². The lowest BCUT2D eigenvalue weighted by molar-refractivity contribution is -0.116. The molecule has 0 unspecified atom stereocenters. The Morgan fingerprint density at radius 3 is 2.83 bits per heavy atom. The van der Waals surface area contributed by atoms with E-state index in [2.05, 4.69) is 21.4 Å². The molecule has 2 aromatic heterocycles. The minimum atomic E-state index is -0.261. The lowest BCUT2D eigenvalue weighted by Crippen LogP contribution is -2.20. The number of aromatic nitrogens is 2. The number of fused-ring (bicyclic) bond motifs is 1. The van der Waals surface area contributed by atoms with E-state index in [9.17, 15) is 9.59 Å². The number of pyridine rings is 1. The first-order valence-electron chi connectivity index (χ1n) is 8.10. The van der Waals surface area contributed by atoms with E-state index in [-0.39, 0.29) is 11.5 Å². The van der Waals surface area contributed by atoms with Gasteiger partial charge in [0.2, 0.25) is 5.91 Å². The first-order valence-corrected chi connectivity index (χ1v) is 8.10. The van der Waals surface area contributed by atoms with E-state index < -0.39 is 0 Å². The molecule has 1 aromatic carbocycles. The minimum absolute atomic E-state index is 0.136. The van der Waals surface area contributed by atoms with Gasteiger partial charge in [-0.15, -0.1) is 0 Å². The number of para-hydroxylation sites is 1. The monoisotopic (exact) mass is 323 g/mol. The second-order valence-corrected chi connectivity index (χ2v) is 6.08. The fraction of sp³-hybridized carbons (Fsp3) is 0.263. The average molecular weight is 323 g/mol. The average Bonchev–Trinajstić information content (AvgIpc) is 2.96. The molecule has 0 radical (unpaired) electrons. The highest BCUT2D eigenvalue weighted by molar-refractivity contribution is 5.90. The highest BCUT2D eigenvalue weighted by atomic mass is 16.2. The van der Waals surface area contributed by atoms with Crippen LogP contribution in [0.4, 0.5) is 5.69 Å². The van der Waals surface area contributed by atoms with Gasteiger partial charge in [-0.3, -0.25) is 9.59 Å². The molecule has 0 bridgehead atoms. The van der Waals surface area contributed by atoms with Gasteiger partial charge in [-0.2, -0.15) is 0 Å². The van der Waals surface area contributed by atoms with Crippen LogP contribution in [0.1, 0.15) is 29.7 Å². The lowest BCUT2D eigenvalue weighted by atomic mass is 10.1. The topological polar surface area (TPSA) is 77.8 Å². The zero-order valence-electron chi connectivity index (χ0n) is 13.9. The van der Waals surface area contributed by atoms with Gasteiger partial charge >= 0.3 is 0 Å². The van der Waals surface area contributed by atoms with Crippen LogP contribution in [0.5, 0.6) is 0 Å². The van der Waals surface area contributed by atoms with Gasteiger partial charge in [0.15, 0.2) is 0 Å². The SMILES string of the molecule is Cc1cc(NC(=O)CCCc2c[nH]c3ccccc23)c(=O)[nH]c1C. The number of carbonyl (C=O) groups excluding carboxylic acids is 1. The van der Waals surface area contributed by atoms with Crippen LogP contribution in [0.2, 0.25) is 0 Å². The molecule has 2 heterocycles. The number of benzene rings is 1. The Morgan fingerprint density at radius 2 is 2.00 bits per heavy atom. The molecule has 3 N–H and O–H groups in total. The fourth-order valence-electron chi connectivity index (χ4n) is 2.81. The first-order chi connectivity index (χ1) is 11.5. The Hall–Kier alpha value is -2.82. The highest BCUT2D eigenvalue weighted by Gasteiger charge is 2.09. The summed E-state index contributed by atoms with van der Waals surface area (Å²) in [6.07, 6.45) is 3.93. The van der Waals surface area contributed by atoms with Crippen molar-refractivity contribution in [2.45, 2.75) is 33.1 Å². The summed E-state index contributed by atoms with van der Waals surface area (Å²) in [7, 11) is 0. The van der Waals surface area contributed by atoms with Gasteiger partial charge in [0.05, 0.1) is 0 Å². The maximum absolute atomic E-state index is 12.1. The lowest BCUT2D eigenvalue weighted by Gasteiger charge is -2.07. The molecule has 24 heavy (non-hydrogen) atoms. The molecule has 0 saturated carbocycles. The Bertz CT molecular complexity index is 937. The van der Waals surface area contributed by atoms with Crippen molar-refractivity contribution in [1.29, 1.82) is 0 Å². The van der Waals surface area contributed by atoms with Crippen molar-refractivity contribution in [2.75, 3.05) is 5.32 Å². The van der Waals surface area contributed by atoms with Crippen molar-refractivity contribution in [3.05, 3.63) is 63.7 Å². The van der Waals surface area contributed by atoms with E-state index in [1.807, 2.05) is 38.2 Å².